The number of carbonyl (C=O) groups is 1. The molecule has 0 bridgehead atoms. The molecule has 40 heavy (non-hydrogen) atoms. The molecule has 7 nitrogen and oxygen atoms in total. The average Bonchev–Trinajstić information content (AvgIpc) is 2.93. The monoisotopic (exact) mass is 578 g/mol. The number of aryl methyl sites for hydroxylation is 1. The molecule has 1 aliphatic carbocycles. The Kier molecular flexibility index (Phi) is 8.84. The number of alkyl halides is 3. The molecular weight excluding hydrogens is 541 g/mol. The fourth-order valence-corrected chi connectivity index (χ4v) is 7.83. The number of halogens is 3. The lowest BCUT2D eigenvalue weighted by Gasteiger charge is -2.35. The lowest BCUT2D eigenvalue weighted by atomic mass is 9.86. The van der Waals surface area contributed by atoms with Crippen LogP contribution in [0.25, 0.3) is 0 Å². The van der Waals surface area contributed by atoms with Gasteiger partial charge in [-0.3, -0.25) is 9.69 Å². The van der Waals surface area contributed by atoms with Crippen LogP contribution in [0, 0.1) is 0 Å². The van der Waals surface area contributed by atoms with E-state index in [-0.39, 0.29) is 31.5 Å². The zero-order chi connectivity index (χ0) is 28.3. The lowest BCUT2D eigenvalue weighted by Crippen LogP contribution is -2.55. The van der Waals surface area contributed by atoms with Gasteiger partial charge in [-0.05, 0) is 80.1 Å². The molecule has 0 aromatic heterocycles. The molecule has 0 unspecified atom stereocenters. The van der Waals surface area contributed by atoms with Crippen LogP contribution >= 0.6 is 0 Å². The predicted molar refractivity (Wildman–Crippen MR) is 146 cm³/mol. The maximum atomic E-state index is 13.4. The second-order valence-corrected chi connectivity index (χ2v) is 13.0. The highest BCUT2D eigenvalue weighted by atomic mass is 32.2. The Morgan fingerprint density at radius 2 is 1.82 bits per heavy atom. The first kappa shape index (κ1) is 29.0. The van der Waals surface area contributed by atoms with Crippen molar-refractivity contribution in [2.45, 2.75) is 74.6 Å². The van der Waals surface area contributed by atoms with Gasteiger partial charge in [-0.15, -0.1) is 0 Å². The van der Waals surface area contributed by atoms with E-state index in [1.165, 1.54) is 40.8 Å². The summed E-state index contributed by atoms with van der Waals surface area (Å²) in [6, 6.07) is 9.44. The van der Waals surface area contributed by atoms with Crippen LogP contribution < -0.4 is 10.6 Å². The van der Waals surface area contributed by atoms with Crippen molar-refractivity contribution in [1.29, 1.82) is 0 Å². The summed E-state index contributed by atoms with van der Waals surface area (Å²) in [5.74, 6) is -0.270. The van der Waals surface area contributed by atoms with Crippen molar-refractivity contribution in [2.24, 2.45) is 0 Å². The Bertz CT molecular complexity index is 1310. The average molecular weight is 579 g/mol. The summed E-state index contributed by atoms with van der Waals surface area (Å²) >= 11 is 0. The number of carbonyl (C=O) groups excluding carboxylic acids is 1. The Morgan fingerprint density at radius 1 is 1.02 bits per heavy atom. The van der Waals surface area contributed by atoms with E-state index in [1.54, 1.807) is 0 Å². The van der Waals surface area contributed by atoms with Crippen LogP contribution in [0.2, 0.25) is 0 Å². The topological polar surface area (TPSA) is 81.8 Å². The number of nitrogens with one attached hydrogen (secondary N) is 2. The third kappa shape index (κ3) is 6.70. The fourth-order valence-electron chi connectivity index (χ4n) is 6.16. The molecule has 3 aliphatic rings. The van der Waals surface area contributed by atoms with Gasteiger partial charge in [0.15, 0.2) is 0 Å². The number of rotatable bonds is 7. The van der Waals surface area contributed by atoms with Gasteiger partial charge in [0.2, 0.25) is 15.9 Å². The second-order valence-electron chi connectivity index (χ2n) is 11.1. The largest absolute Gasteiger partial charge is 0.416 e. The minimum Gasteiger partial charge on any atom is -0.349 e. The summed E-state index contributed by atoms with van der Waals surface area (Å²) in [5, 5.41) is 6.23. The second kappa shape index (κ2) is 12.2. The molecule has 218 valence electrons. The predicted octanol–water partition coefficient (Wildman–Crippen LogP) is 4.24. The molecule has 2 atom stereocenters. The molecule has 2 heterocycles. The molecule has 2 saturated heterocycles. The van der Waals surface area contributed by atoms with Crippen LogP contribution in [0.1, 0.15) is 66.8 Å². The normalized spacial score (nSPS) is 23.0. The molecule has 5 rings (SSSR count). The summed E-state index contributed by atoms with van der Waals surface area (Å²) in [4.78, 5) is 15.3. The van der Waals surface area contributed by atoms with Gasteiger partial charge in [-0.25, -0.2) is 8.42 Å². The molecule has 2 aromatic carbocycles. The van der Waals surface area contributed by atoms with Gasteiger partial charge in [0.25, 0.3) is 0 Å². The number of nitrogens with zero attached hydrogens (tertiary/aromatic N) is 2. The van der Waals surface area contributed by atoms with Gasteiger partial charge >= 0.3 is 6.18 Å². The first-order chi connectivity index (χ1) is 19.1. The van der Waals surface area contributed by atoms with Crippen LogP contribution in [-0.4, -0.2) is 62.3 Å². The summed E-state index contributed by atoms with van der Waals surface area (Å²) in [5.41, 5.74) is 2.63. The van der Waals surface area contributed by atoms with Gasteiger partial charge in [0, 0.05) is 38.6 Å². The lowest BCUT2D eigenvalue weighted by molar-refractivity contribution is -0.137. The van der Waals surface area contributed by atoms with Crippen LogP contribution in [0.4, 0.5) is 13.2 Å². The molecule has 0 radical (unpaired) electrons. The number of hydrogen-bond acceptors (Lipinski definition) is 5. The zero-order valence-electron chi connectivity index (χ0n) is 22.5. The highest BCUT2D eigenvalue weighted by molar-refractivity contribution is 7.89. The minimum absolute atomic E-state index is 0.0720. The highest BCUT2D eigenvalue weighted by Crippen LogP contribution is 2.33. The number of piperazine rings is 1. The van der Waals surface area contributed by atoms with E-state index >= 15 is 0 Å². The van der Waals surface area contributed by atoms with Crippen molar-refractivity contribution in [3.8, 4) is 0 Å². The fraction of sp³-hybridized carbons (Fsp3) is 0.552. The van der Waals surface area contributed by atoms with Crippen molar-refractivity contribution in [3.63, 3.8) is 0 Å². The van der Waals surface area contributed by atoms with Crippen molar-refractivity contribution >= 4 is 15.9 Å². The van der Waals surface area contributed by atoms with Gasteiger partial charge in [0.1, 0.15) is 0 Å². The van der Waals surface area contributed by atoms with E-state index in [0.717, 1.165) is 56.6 Å². The number of benzene rings is 2. The molecule has 2 aromatic rings. The smallest absolute Gasteiger partial charge is 0.349 e. The van der Waals surface area contributed by atoms with Gasteiger partial charge < -0.3 is 10.6 Å². The summed E-state index contributed by atoms with van der Waals surface area (Å²) in [6.45, 7) is 3.87. The van der Waals surface area contributed by atoms with E-state index < -0.39 is 32.7 Å². The standard InChI is InChI=1S/C29H37F3N4O3S/c30-29(31,32)23-7-5-8-25(17-23)40(38,39)36-15-12-33-19-24(36)18-28(37)34-27-9-4-6-22-16-21(10-11-26(22)27)20-35-13-2-1-3-14-35/h5,7-8,10-11,16-17,24,27,33H,1-4,6,9,12-15,18-20H2,(H,34,37)/t24-,27-/m1/s1. The van der Waals surface area contributed by atoms with E-state index in [0.29, 0.717) is 12.6 Å². The molecule has 1 amide bonds. The SMILES string of the molecule is O=C(C[C@@H]1CNCCN1S(=O)(=O)c1cccc(C(F)(F)F)c1)N[C@@H]1CCCc2cc(CN3CCCCC3)ccc21. The molecular formula is C29H37F3N4O3S. The molecule has 0 spiro atoms. The number of likely N-dealkylation sites (tertiary alicyclic amines) is 1. The minimum atomic E-state index is -4.65. The Hall–Kier alpha value is -2.47. The van der Waals surface area contributed by atoms with E-state index in [4.69, 9.17) is 0 Å². The van der Waals surface area contributed by atoms with Crippen LogP contribution in [0.15, 0.2) is 47.4 Å². The number of sulfonamides is 1. The van der Waals surface area contributed by atoms with Crippen molar-refractivity contribution in [1.82, 2.24) is 19.8 Å². The highest BCUT2D eigenvalue weighted by Gasteiger charge is 2.37. The van der Waals surface area contributed by atoms with Gasteiger partial charge in [0.05, 0.1) is 16.5 Å². The molecule has 2 fully saturated rings. The molecule has 11 heteroatoms. The van der Waals surface area contributed by atoms with Crippen LogP contribution in [0.3, 0.4) is 0 Å². The van der Waals surface area contributed by atoms with Crippen LogP contribution in [0.5, 0.6) is 0 Å². The Morgan fingerprint density at radius 3 is 2.60 bits per heavy atom. The zero-order valence-corrected chi connectivity index (χ0v) is 23.4. The molecule has 0 saturated carbocycles. The Balaban J connectivity index is 1.26. The van der Waals surface area contributed by atoms with Crippen molar-refractivity contribution < 1.29 is 26.4 Å². The van der Waals surface area contributed by atoms with E-state index in [1.807, 2.05) is 0 Å². The Labute approximate surface area is 234 Å². The van der Waals surface area contributed by atoms with Gasteiger partial charge in [-0.1, -0.05) is 30.7 Å². The third-order valence-electron chi connectivity index (χ3n) is 8.20. The number of fused-ring (bicyclic) bond motifs is 1. The summed E-state index contributed by atoms with van der Waals surface area (Å²) in [7, 11) is -4.23. The maximum absolute atomic E-state index is 13.4. The van der Waals surface area contributed by atoms with Crippen molar-refractivity contribution in [3.05, 3.63) is 64.7 Å². The first-order valence-electron chi connectivity index (χ1n) is 14.1. The van der Waals surface area contributed by atoms with E-state index in [9.17, 15) is 26.4 Å². The number of amides is 1. The molecule has 2 N–H and O–H groups in total. The maximum Gasteiger partial charge on any atom is 0.416 e. The quantitative estimate of drug-likeness (QED) is 0.514. The van der Waals surface area contributed by atoms with Gasteiger partial charge in [-0.2, -0.15) is 17.5 Å². The molecule has 2 aliphatic heterocycles. The first-order valence-corrected chi connectivity index (χ1v) is 15.6. The summed E-state index contributed by atoms with van der Waals surface area (Å²) < 4.78 is 67.6. The van der Waals surface area contributed by atoms with Crippen molar-refractivity contribution in [2.75, 3.05) is 32.7 Å². The van der Waals surface area contributed by atoms with Crippen LogP contribution in [-0.2, 0) is 34.0 Å². The number of hydrogen-bond donors (Lipinski definition) is 2. The van der Waals surface area contributed by atoms with E-state index in [2.05, 4.69) is 33.7 Å². The number of piperidine rings is 1. The summed E-state index contributed by atoms with van der Waals surface area (Å²) in [6.07, 6.45) is 1.77. The third-order valence-corrected chi connectivity index (χ3v) is 10.1.